The van der Waals surface area contributed by atoms with Gasteiger partial charge in [-0.2, -0.15) is 0 Å². The Kier molecular flexibility index (Phi) is 4.76. The number of hydrogen-bond donors (Lipinski definition) is 0. The average Bonchev–Trinajstić information content (AvgIpc) is 2.19. The van der Waals surface area contributed by atoms with E-state index >= 15 is 0 Å². The van der Waals surface area contributed by atoms with Gasteiger partial charge in [-0.15, -0.1) is 0 Å². The third-order valence-corrected chi connectivity index (χ3v) is 4.30. The molecule has 1 fully saturated rings. The van der Waals surface area contributed by atoms with Crippen LogP contribution in [-0.4, -0.2) is 51.4 Å². The number of ether oxygens (including phenoxy) is 1. The maximum absolute atomic E-state index is 11.4. The summed E-state index contributed by atoms with van der Waals surface area (Å²) in [7, 11) is -3.04. The van der Waals surface area contributed by atoms with Gasteiger partial charge in [0.1, 0.15) is 0 Å². The van der Waals surface area contributed by atoms with Crippen molar-refractivity contribution < 1.29 is 13.2 Å². The van der Waals surface area contributed by atoms with E-state index in [9.17, 15) is 8.42 Å². The molecule has 0 aromatic heterocycles. The summed E-state index contributed by atoms with van der Waals surface area (Å²) in [6.45, 7) is 7.31. The van der Waals surface area contributed by atoms with Crippen molar-refractivity contribution in [3.05, 3.63) is 11.5 Å². The van der Waals surface area contributed by atoms with Gasteiger partial charge in [0.2, 0.25) is 0 Å². The summed E-state index contributed by atoms with van der Waals surface area (Å²) < 4.78 is 28.1. The van der Waals surface area contributed by atoms with E-state index in [1.54, 1.807) is 19.9 Å². The van der Waals surface area contributed by atoms with Gasteiger partial charge >= 0.3 is 0 Å². The Labute approximate surface area is 91.8 Å². The third-order valence-electron chi connectivity index (χ3n) is 2.41. The van der Waals surface area contributed by atoms with E-state index < -0.39 is 9.84 Å². The second-order valence-electron chi connectivity index (χ2n) is 3.92. The van der Waals surface area contributed by atoms with Gasteiger partial charge in [-0.05, 0) is 13.8 Å². The van der Waals surface area contributed by atoms with Crippen LogP contribution in [0, 0.1) is 0 Å². The van der Waals surface area contributed by atoms with Gasteiger partial charge in [0.15, 0.2) is 9.84 Å². The zero-order valence-corrected chi connectivity index (χ0v) is 10.2. The first-order valence-corrected chi connectivity index (χ1v) is 6.84. The second kappa shape index (κ2) is 5.63. The monoisotopic (exact) mass is 233 g/mol. The molecule has 88 valence electrons. The van der Waals surface area contributed by atoms with Crippen molar-refractivity contribution in [1.82, 2.24) is 4.90 Å². The van der Waals surface area contributed by atoms with Gasteiger partial charge in [-0.25, -0.2) is 8.42 Å². The standard InChI is InChI=1S/C10H19NO3S/c1-10(2)15(12,13)9-3-4-11-5-7-14-8-6-11/h3,9-10H,4-8H2,1-2H3. The summed E-state index contributed by atoms with van der Waals surface area (Å²) in [5.74, 6) is 0. The molecule has 0 amide bonds. The summed E-state index contributed by atoms with van der Waals surface area (Å²) >= 11 is 0. The number of morpholine rings is 1. The Morgan fingerprint density at radius 2 is 1.93 bits per heavy atom. The average molecular weight is 233 g/mol. The Morgan fingerprint density at radius 1 is 1.33 bits per heavy atom. The van der Waals surface area contributed by atoms with E-state index in [0.717, 1.165) is 26.3 Å². The van der Waals surface area contributed by atoms with Crippen molar-refractivity contribution in [2.45, 2.75) is 19.1 Å². The zero-order valence-electron chi connectivity index (χ0n) is 9.35. The lowest BCUT2D eigenvalue weighted by atomic mass is 10.4. The fraction of sp³-hybridized carbons (Fsp3) is 0.800. The summed E-state index contributed by atoms with van der Waals surface area (Å²) in [5, 5.41) is 0.992. The first kappa shape index (κ1) is 12.7. The molecule has 0 N–H and O–H groups in total. The highest BCUT2D eigenvalue weighted by Gasteiger charge is 2.12. The Balaban J connectivity index is 2.38. The summed E-state index contributed by atoms with van der Waals surface area (Å²) in [6.07, 6.45) is 1.72. The topological polar surface area (TPSA) is 46.6 Å². The highest BCUT2D eigenvalue weighted by molar-refractivity contribution is 7.94. The molecule has 1 aliphatic rings. The molecular formula is C10H19NO3S. The molecular weight excluding hydrogens is 214 g/mol. The van der Waals surface area contributed by atoms with Crippen molar-refractivity contribution >= 4 is 9.84 Å². The minimum Gasteiger partial charge on any atom is -0.379 e. The molecule has 1 heterocycles. The lowest BCUT2D eigenvalue weighted by Crippen LogP contribution is -2.36. The van der Waals surface area contributed by atoms with Crippen LogP contribution in [0.4, 0.5) is 0 Å². The highest BCUT2D eigenvalue weighted by Crippen LogP contribution is 2.03. The molecule has 0 atom stereocenters. The maximum atomic E-state index is 11.4. The van der Waals surface area contributed by atoms with Crippen molar-refractivity contribution in [3.8, 4) is 0 Å². The smallest absolute Gasteiger partial charge is 0.173 e. The van der Waals surface area contributed by atoms with E-state index in [1.807, 2.05) is 0 Å². The van der Waals surface area contributed by atoms with Crippen LogP contribution in [0.25, 0.3) is 0 Å². The molecule has 1 rings (SSSR count). The van der Waals surface area contributed by atoms with Crippen LogP contribution in [0.15, 0.2) is 11.5 Å². The van der Waals surface area contributed by atoms with Crippen LogP contribution < -0.4 is 0 Å². The molecule has 0 saturated carbocycles. The van der Waals surface area contributed by atoms with Crippen molar-refractivity contribution in [2.24, 2.45) is 0 Å². The maximum Gasteiger partial charge on any atom is 0.173 e. The minimum atomic E-state index is -3.04. The lowest BCUT2D eigenvalue weighted by Gasteiger charge is -2.25. The molecule has 0 spiro atoms. The molecule has 1 saturated heterocycles. The molecule has 0 aromatic carbocycles. The lowest BCUT2D eigenvalue weighted by molar-refractivity contribution is 0.0434. The van der Waals surface area contributed by atoms with E-state index in [-0.39, 0.29) is 5.25 Å². The van der Waals surface area contributed by atoms with E-state index in [0.29, 0.717) is 6.54 Å². The molecule has 0 aromatic rings. The summed E-state index contributed by atoms with van der Waals surface area (Å²) in [6, 6.07) is 0. The molecule has 1 aliphatic heterocycles. The molecule has 15 heavy (non-hydrogen) atoms. The van der Waals surface area contributed by atoms with Crippen molar-refractivity contribution in [3.63, 3.8) is 0 Å². The Hall–Kier alpha value is -0.390. The molecule has 0 bridgehead atoms. The van der Waals surface area contributed by atoms with Crippen molar-refractivity contribution in [2.75, 3.05) is 32.8 Å². The van der Waals surface area contributed by atoms with Gasteiger partial charge in [-0.1, -0.05) is 6.08 Å². The third kappa shape index (κ3) is 4.32. The van der Waals surface area contributed by atoms with E-state index in [4.69, 9.17) is 4.74 Å². The molecule has 4 nitrogen and oxygen atoms in total. The predicted molar refractivity (Wildman–Crippen MR) is 60.5 cm³/mol. The predicted octanol–water partition coefficient (Wildman–Crippen LogP) is 0.655. The highest BCUT2D eigenvalue weighted by atomic mass is 32.2. The number of sulfone groups is 1. The van der Waals surface area contributed by atoms with Crippen LogP contribution in [0.5, 0.6) is 0 Å². The van der Waals surface area contributed by atoms with Crippen LogP contribution in [0.2, 0.25) is 0 Å². The molecule has 0 radical (unpaired) electrons. The van der Waals surface area contributed by atoms with Gasteiger partial charge in [-0.3, -0.25) is 4.90 Å². The molecule has 5 heteroatoms. The van der Waals surface area contributed by atoms with Crippen LogP contribution in [-0.2, 0) is 14.6 Å². The normalized spacial score (nSPS) is 20.2. The van der Waals surface area contributed by atoms with Crippen LogP contribution >= 0.6 is 0 Å². The van der Waals surface area contributed by atoms with E-state index in [2.05, 4.69) is 4.90 Å². The number of hydrogen-bond acceptors (Lipinski definition) is 4. The number of nitrogens with zero attached hydrogens (tertiary/aromatic N) is 1. The first-order valence-electron chi connectivity index (χ1n) is 5.23. The van der Waals surface area contributed by atoms with Gasteiger partial charge in [0.05, 0.1) is 18.5 Å². The Bertz CT molecular complexity index is 303. The fourth-order valence-electron chi connectivity index (χ4n) is 1.27. The molecule has 0 unspecified atom stereocenters. The first-order chi connectivity index (χ1) is 7.02. The molecule has 0 aliphatic carbocycles. The van der Waals surface area contributed by atoms with Crippen LogP contribution in [0.1, 0.15) is 13.8 Å². The van der Waals surface area contributed by atoms with Gasteiger partial charge < -0.3 is 4.74 Å². The van der Waals surface area contributed by atoms with Crippen LogP contribution in [0.3, 0.4) is 0 Å². The minimum absolute atomic E-state index is 0.335. The Morgan fingerprint density at radius 3 is 2.47 bits per heavy atom. The fourth-order valence-corrected chi connectivity index (χ4v) is 1.94. The quantitative estimate of drug-likeness (QED) is 0.715. The van der Waals surface area contributed by atoms with Gasteiger partial charge in [0, 0.05) is 25.0 Å². The zero-order chi connectivity index (χ0) is 11.3. The summed E-state index contributed by atoms with van der Waals surface area (Å²) in [5.41, 5.74) is 0. The summed E-state index contributed by atoms with van der Waals surface area (Å²) in [4.78, 5) is 2.18. The second-order valence-corrected chi connectivity index (χ2v) is 6.32. The van der Waals surface area contributed by atoms with Gasteiger partial charge in [0.25, 0.3) is 0 Å². The van der Waals surface area contributed by atoms with E-state index in [1.165, 1.54) is 5.41 Å². The SMILES string of the molecule is CC(C)S(=O)(=O)C=CCN1CCOCC1. The largest absolute Gasteiger partial charge is 0.379 e. The number of rotatable bonds is 4. The van der Waals surface area contributed by atoms with Crippen molar-refractivity contribution in [1.29, 1.82) is 0 Å².